The molecule has 0 spiro atoms. The predicted molar refractivity (Wildman–Crippen MR) is 103 cm³/mol. The normalized spacial score (nSPS) is 12.1. The van der Waals surface area contributed by atoms with Gasteiger partial charge in [0.25, 0.3) is 0 Å². The molecule has 5 N–H and O–H groups in total. The van der Waals surface area contributed by atoms with E-state index in [9.17, 15) is 0 Å². The lowest BCUT2D eigenvalue weighted by Crippen LogP contribution is -1.99. The highest BCUT2D eigenvalue weighted by molar-refractivity contribution is 7.98. The highest BCUT2D eigenvalue weighted by Crippen LogP contribution is 2.28. The quantitative estimate of drug-likeness (QED) is 0.472. The zero-order chi connectivity index (χ0) is 17.1. The van der Waals surface area contributed by atoms with Crippen LogP contribution in [0.25, 0.3) is 27.5 Å². The number of nitrogens with zero attached hydrogens (tertiary/aromatic N) is 3. The third-order valence-electron chi connectivity index (χ3n) is 3.86. The number of hydrogen-bond donors (Lipinski definition) is 3. The van der Waals surface area contributed by atoms with Gasteiger partial charge in [-0.1, -0.05) is 6.07 Å². The van der Waals surface area contributed by atoms with Crippen LogP contribution in [0.4, 0.5) is 5.82 Å². The summed E-state index contributed by atoms with van der Waals surface area (Å²) < 4.78 is 1.94. The smallest absolute Gasteiger partial charge is 0.135 e. The van der Waals surface area contributed by atoms with E-state index in [1.165, 1.54) is 6.21 Å². The lowest BCUT2D eigenvalue weighted by atomic mass is 10.1. The van der Waals surface area contributed by atoms with Crippen molar-refractivity contribution in [2.75, 3.05) is 17.7 Å². The van der Waals surface area contributed by atoms with E-state index in [2.05, 4.69) is 16.3 Å². The fraction of sp³-hybridized carbons (Fsp3) is 0.235. The highest BCUT2D eigenvalue weighted by Gasteiger charge is 2.11. The molecule has 3 rings (SSSR count). The molecule has 0 fully saturated rings. The molecule has 0 radical (unpaired) electrons. The first kappa shape index (κ1) is 16.3. The molecule has 0 bridgehead atoms. The zero-order valence-electron chi connectivity index (χ0n) is 13.5. The minimum Gasteiger partial charge on any atom is -0.398 e. The van der Waals surface area contributed by atoms with Crippen LogP contribution in [0.2, 0.25) is 0 Å². The van der Waals surface area contributed by atoms with Gasteiger partial charge in [0.2, 0.25) is 0 Å². The van der Waals surface area contributed by atoms with E-state index in [1.54, 1.807) is 6.08 Å². The van der Waals surface area contributed by atoms with Gasteiger partial charge in [-0.25, -0.2) is 4.98 Å². The lowest BCUT2D eigenvalue weighted by molar-refractivity contribution is 0.613. The second kappa shape index (κ2) is 6.92. The van der Waals surface area contributed by atoms with Gasteiger partial charge in [-0.2, -0.15) is 16.9 Å². The van der Waals surface area contributed by atoms with Gasteiger partial charge in [-0.15, -0.1) is 0 Å². The molecule has 0 aliphatic heterocycles. The molecule has 3 aromatic rings. The summed E-state index contributed by atoms with van der Waals surface area (Å²) in [5.41, 5.74) is 15.0. The Labute approximate surface area is 144 Å². The first-order valence-corrected chi connectivity index (χ1v) is 9.05. The van der Waals surface area contributed by atoms with Crippen LogP contribution < -0.4 is 11.5 Å². The van der Waals surface area contributed by atoms with E-state index in [0.29, 0.717) is 11.5 Å². The summed E-state index contributed by atoms with van der Waals surface area (Å²) in [7, 11) is 0. The topological polar surface area (TPSA) is 107 Å². The number of aryl methyl sites for hydroxylation is 1. The molecular weight excluding hydrogens is 320 g/mol. The molecule has 24 heavy (non-hydrogen) atoms. The van der Waals surface area contributed by atoms with E-state index in [1.807, 2.05) is 40.8 Å². The minimum atomic E-state index is 0.473. The van der Waals surface area contributed by atoms with Gasteiger partial charge in [0.05, 0.1) is 10.9 Å². The van der Waals surface area contributed by atoms with Crippen LogP contribution in [0, 0.1) is 5.41 Å². The molecule has 2 heterocycles. The Bertz CT molecular complexity index is 928. The summed E-state index contributed by atoms with van der Waals surface area (Å²) >= 11 is 1.83. The van der Waals surface area contributed by atoms with Crippen molar-refractivity contribution in [3.8, 4) is 0 Å². The van der Waals surface area contributed by atoms with Gasteiger partial charge in [-0.05, 0) is 42.2 Å². The molecule has 0 saturated carbocycles. The predicted octanol–water partition coefficient (Wildman–Crippen LogP) is 2.87. The Morgan fingerprint density at radius 1 is 1.38 bits per heavy atom. The molecule has 6 nitrogen and oxygen atoms in total. The molecule has 1 aromatic carbocycles. The second-order valence-electron chi connectivity index (χ2n) is 5.52. The van der Waals surface area contributed by atoms with Gasteiger partial charge >= 0.3 is 0 Å². The number of hydrogen-bond acceptors (Lipinski definition) is 6. The van der Waals surface area contributed by atoms with E-state index < -0.39 is 0 Å². The van der Waals surface area contributed by atoms with Gasteiger partial charge in [0, 0.05) is 30.0 Å². The number of nitrogens with two attached hydrogens (primary N) is 2. The number of allylic oxidation sites excluding steroid dienone is 1. The molecule has 124 valence electrons. The second-order valence-corrected chi connectivity index (χ2v) is 6.50. The summed E-state index contributed by atoms with van der Waals surface area (Å²) in [4.78, 5) is 4.50. The average Bonchev–Trinajstić information content (AvgIpc) is 3.00. The summed E-state index contributed by atoms with van der Waals surface area (Å²) in [6.45, 7) is 0.865. The highest BCUT2D eigenvalue weighted by atomic mass is 32.2. The Balaban J connectivity index is 2.09. The molecule has 0 aliphatic carbocycles. The number of nitrogens with one attached hydrogen (secondary N) is 1. The molecule has 0 saturated heterocycles. The fourth-order valence-electron chi connectivity index (χ4n) is 2.67. The Morgan fingerprint density at radius 2 is 2.21 bits per heavy atom. The van der Waals surface area contributed by atoms with Crippen LogP contribution in [0.1, 0.15) is 12.0 Å². The van der Waals surface area contributed by atoms with Crippen LogP contribution >= 0.6 is 11.8 Å². The molecule has 7 heteroatoms. The van der Waals surface area contributed by atoms with Crippen LogP contribution in [-0.4, -0.2) is 33.0 Å². The minimum absolute atomic E-state index is 0.473. The number of benzene rings is 1. The fourth-order valence-corrected chi connectivity index (χ4v) is 3.09. The molecular formula is C17H20N6S. The zero-order valence-corrected chi connectivity index (χ0v) is 14.3. The number of fused-ring (bicyclic) bond motifs is 3. The Morgan fingerprint density at radius 3 is 2.96 bits per heavy atom. The SMILES string of the molecule is CSCCCn1cc2c(N)nc3cc(C(N)=CC=N)ccc3c2n1. The van der Waals surface area contributed by atoms with Crippen LogP contribution in [0.3, 0.4) is 0 Å². The summed E-state index contributed by atoms with van der Waals surface area (Å²) in [5, 5.41) is 13.6. The number of anilines is 1. The maximum absolute atomic E-state index is 7.13. The first-order chi connectivity index (χ1) is 11.6. The summed E-state index contributed by atoms with van der Waals surface area (Å²) in [6.07, 6.45) is 7.85. The first-order valence-electron chi connectivity index (χ1n) is 7.66. The van der Waals surface area contributed by atoms with E-state index in [-0.39, 0.29) is 0 Å². The van der Waals surface area contributed by atoms with Crippen molar-refractivity contribution in [1.82, 2.24) is 14.8 Å². The van der Waals surface area contributed by atoms with Crippen LogP contribution in [0.15, 0.2) is 30.5 Å². The van der Waals surface area contributed by atoms with E-state index >= 15 is 0 Å². The third-order valence-corrected chi connectivity index (χ3v) is 4.56. The largest absolute Gasteiger partial charge is 0.398 e. The number of aromatic nitrogens is 3. The number of nitrogen functional groups attached to an aromatic ring is 1. The summed E-state index contributed by atoms with van der Waals surface area (Å²) in [5.74, 6) is 1.58. The van der Waals surface area contributed by atoms with Crippen molar-refractivity contribution in [2.24, 2.45) is 5.73 Å². The number of rotatable bonds is 6. The molecule has 0 unspecified atom stereocenters. The van der Waals surface area contributed by atoms with Gasteiger partial charge < -0.3 is 16.9 Å². The third kappa shape index (κ3) is 3.07. The van der Waals surface area contributed by atoms with Gasteiger partial charge in [-0.3, -0.25) is 4.68 Å². The maximum Gasteiger partial charge on any atom is 0.135 e. The van der Waals surface area contributed by atoms with E-state index in [4.69, 9.17) is 16.9 Å². The van der Waals surface area contributed by atoms with Crippen molar-refractivity contribution in [3.05, 3.63) is 36.0 Å². The Kier molecular flexibility index (Phi) is 4.71. The molecule has 0 aliphatic rings. The molecule has 2 aromatic heterocycles. The van der Waals surface area contributed by atoms with Crippen LogP contribution in [0.5, 0.6) is 0 Å². The number of pyridine rings is 1. The van der Waals surface area contributed by atoms with Crippen molar-refractivity contribution in [2.45, 2.75) is 13.0 Å². The molecule has 0 atom stereocenters. The van der Waals surface area contributed by atoms with Crippen LogP contribution in [-0.2, 0) is 6.54 Å². The standard InChI is InChI=1S/C17H20N6S/c1-24-8-2-7-23-10-13-16(22-23)12-4-3-11(14(19)5-6-18)9-15(12)21-17(13)20/h3-6,9-10,18H,2,7-8,19H2,1H3,(H2,20,21). The summed E-state index contributed by atoms with van der Waals surface area (Å²) in [6, 6.07) is 5.76. The van der Waals surface area contributed by atoms with Gasteiger partial charge in [0.1, 0.15) is 11.3 Å². The van der Waals surface area contributed by atoms with Crippen molar-refractivity contribution in [3.63, 3.8) is 0 Å². The Hall–Kier alpha value is -2.54. The van der Waals surface area contributed by atoms with Crippen molar-refractivity contribution >= 4 is 51.3 Å². The van der Waals surface area contributed by atoms with Crippen molar-refractivity contribution < 1.29 is 0 Å². The van der Waals surface area contributed by atoms with E-state index in [0.717, 1.165) is 46.1 Å². The number of thioether (sulfide) groups is 1. The molecule has 0 amide bonds. The lowest BCUT2D eigenvalue weighted by Gasteiger charge is -2.05. The average molecular weight is 340 g/mol. The monoisotopic (exact) mass is 340 g/mol. The maximum atomic E-state index is 7.13. The van der Waals surface area contributed by atoms with Gasteiger partial charge in [0.15, 0.2) is 0 Å². The van der Waals surface area contributed by atoms with Crippen molar-refractivity contribution in [1.29, 1.82) is 5.41 Å².